The first-order valence-corrected chi connectivity index (χ1v) is 9.14. The molecule has 1 aromatic heterocycles. The van der Waals surface area contributed by atoms with E-state index in [-0.39, 0.29) is 12.0 Å². The van der Waals surface area contributed by atoms with Crippen molar-refractivity contribution in [2.75, 3.05) is 19.7 Å². The van der Waals surface area contributed by atoms with Crippen LogP contribution in [0.4, 0.5) is 0 Å². The Morgan fingerprint density at radius 2 is 2.17 bits per heavy atom. The Hall–Kier alpha value is -1.36. The molecular formula is C18H20ClNO2S. The average Bonchev–Trinajstić information content (AvgIpc) is 2.97. The molecule has 23 heavy (non-hydrogen) atoms. The van der Waals surface area contributed by atoms with Gasteiger partial charge in [-0.25, -0.2) is 0 Å². The summed E-state index contributed by atoms with van der Waals surface area (Å²) in [6.07, 6.45) is 2.14. The number of benzene rings is 1. The number of likely N-dealkylation sites (tertiary alicyclic amines) is 1. The van der Waals surface area contributed by atoms with E-state index in [1.807, 2.05) is 48.2 Å². The van der Waals surface area contributed by atoms with E-state index in [1.54, 1.807) is 0 Å². The lowest BCUT2D eigenvalue weighted by molar-refractivity contribution is 0.00727. The Labute approximate surface area is 145 Å². The summed E-state index contributed by atoms with van der Waals surface area (Å²) in [5.41, 5.74) is 1.69. The van der Waals surface area contributed by atoms with Crippen LogP contribution in [0.15, 0.2) is 36.4 Å². The van der Waals surface area contributed by atoms with Gasteiger partial charge in [-0.1, -0.05) is 41.9 Å². The zero-order chi connectivity index (χ0) is 16.2. The lowest BCUT2D eigenvalue weighted by Crippen LogP contribution is -2.43. The van der Waals surface area contributed by atoms with Crippen molar-refractivity contribution in [1.82, 2.24) is 4.90 Å². The summed E-state index contributed by atoms with van der Waals surface area (Å²) in [5.74, 6) is 0.0119. The maximum absolute atomic E-state index is 12.8. The number of halogens is 1. The van der Waals surface area contributed by atoms with Gasteiger partial charge in [0.1, 0.15) is 4.34 Å². The van der Waals surface area contributed by atoms with Gasteiger partial charge in [0, 0.05) is 24.6 Å². The monoisotopic (exact) mass is 349 g/mol. The summed E-state index contributed by atoms with van der Waals surface area (Å²) in [4.78, 5) is 15.7. The van der Waals surface area contributed by atoms with E-state index in [1.165, 1.54) is 11.3 Å². The van der Waals surface area contributed by atoms with Gasteiger partial charge in [0.25, 0.3) is 5.91 Å². The Balaban J connectivity index is 1.79. The number of amides is 1. The summed E-state index contributed by atoms with van der Waals surface area (Å²) in [6.45, 7) is 4.10. The molecule has 0 N–H and O–H groups in total. The fourth-order valence-corrected chi connectivity index (χ4v) is 4.19. The average molecular weight is 350 g/mol. The molecule has 3 nitrogen and oxygen atoms in total. The first-order valence-electron chi connectivity index (χ1n) is 7.94. The van der Waals surface area contributed by atoms with Gasteiger partial charge in [0.05, 0.1) is 11.7 Å². The summed E-state index contributed by atoms with van der Waals surface area (Å²) in [7, 11) is 0. The molecule has 0 bridgehead atoms. The quantitative estimate of drug-likeness (QED) is 0.800. The third-order valence-electron chi connectivity index (χ3n) is 4.04. The summed E-state index contributed by atoms with van der Waals surface area (Å²) >= 11 is 7.80. The molecule has 5 heteroatoms. The van der Waals surface area contributed by atoms with Gasteiger partial charge in [-0.15, -0.1) is 11.3 Å². The Morgan fingerprint density at radius 1 is 1.39 bits per heavy atom. The van der Waals surface area contributed by atoms with E-state index in [2.05, 4.69) is 0 Å². The molecule has 1 unspecified atom stereocenters. The third-order valence-corrected chi connectivity index (χ3v) is 5.45. The Kier molecular flexibility index (Phi) is 5.36. The molecular weight excluding hydrogens is 330 g/mol. The largest absolute Gasteiger partial charge is 0.377 e. The predicted octanol–water partition coefficient (Wildman–Crippen LogP) is 4.71. The summed E-state index contributed by atoms with van der Waals surface area (Å²) in [5, 5.41) is 0. The van der Waals surface area contributed by atoms with Crippen molar-refractivity contribution < 1.29 is 9.53 Å². The number of carbonyl (C=O) groups is 1. The first kappa shape index (κ1) is 16.5. The van der Waals surface area contributed by atoms with Crippen LogP contribution in [-0.2, 0) is 4.74 Å². The van der Waals surface area contributed by atoms with Gasteiger partial charge < -0.3 is 9.64 Å². The minimum absolute atomic E-state index is 0.0119. The number of nitrogens with zero attached hydrogens (tertiary/aromatic N) is 1. The number of rotatable bonds is 4. The smallest absolute Gasteiger partial charge is 0.256 e. The molecule has 1 amide bonds. The molecule has 1 fully saturated rings. The standard InChI is InChI=1S/C18H20ClNO2S/c1-2-22-14-9-6-10-20(12-14)18(21)15-11-16(23-17(15)19)13-7-4-3-5-8-13/h3-5,7-8,11,14H,2,6,9-10,12H2,1H3. The van der Waals surface area contributed by atoms with Crippen LogP contribution in [0, 0.1) is 0 Å². The molecule has 0 spiro atoms. The second-order valence-electron chi connectivity index (χ2n) is 5.63. The molecule has 2 aromatic rings. The zero-order valence-corrected chi connectivity index (χ0v) is 14.7. The summed E-state index contributed by atoms with van der Waals surface area (Å²) in [6, 6.07) is 11.9. The number of carbonyl (C=O) groups excluding carboxylic acids is 1. The second kappa shape index (κ2) is 7.47. The van der Waals surface area contributed by atoms with E-state index >= 15 is 0 Å². The SMILES string of the molecule is CCOC1CCCN(C(=O)c2cc(-c3ccccc3)sc2Cl)C1. The molecule has 0 radical (unpaired) electrons. The van der Waals surface area contributed by atoms with Crippen LogP contribution in [0.1, 0.15) is 30.1 Å². The Bertz CT molecular complexity index is 669. The fraction of sp³-hybridized carbons (Fsp3) is 0.389. The van der Waals surface area contributed by atoms with Crippen LogP contribution < -0.4 is 0 Å². The van der Waals surface area contributed by atoms with Gasteiger partial charge in [0.15, 0.2) is 0 Å². The maximum Gasteiger partial charge on any atom is 0.256 e. The molecule has 1 aliphatic heterocycles. The van der Waals surface area contributed by atoms with Crippen LogP contribution in [0.2, 0.25) is 4.34 Å². The van der Waals surface area contributed by atoms with Gasteiger partial charge in [-0.05, 0) is 31.4 Å². The van der Waals surface area contributed by atoms with Crippen LogP contribution in [0.5, 0.6) is 0 Å². The molecule has 1 aliphatic rings. The lowest BCUT2D eigenvalue weighted by atomic mass is 10.1. The number of hydrogen-bond acceptors (Lipinski definition) is 3. The minimum Gasteiger partial charge on any atom is -0.377 e. The highest BCUT2D eigenvalue weighted by molar-refractivity contribution is 7.19. The molecule has 2 heterocycles. The van der Waals surface area contributed by atoms with Gasteiger partial charge in [-0.2, -0.15) is 0 Å². The molecule has 0 saturated carbocycles. The normalized spacial score (nSPS) is 18.2. The van der Waals surface area contributed by atoms with E-state index < -0.39 is 0 Å². The topological polar surface area (TPSA) is 29.5 Å². The van der Waals surface area contributed by atoms with Crippen LogP contribution >= 0.6 is 22.9 Å². The van der Waals surface area contributed by atoms with Gasteiger partial charge in [0.2, 0.25) is 0 Å². The van der Waals surface area contributed by atoms with Crippen LogP contribution in [0.25, 0.3) is 10.4 Å². The highest BCUT2D eigenvalue weighted by Gasteiger charge is 2.27. The highest BCUT2D eigenvalue weighted by Crippen LogP contribution is 2.35. The van der Waals surface area contributed by atoms with Crippen molar-refractivity contribution >= 4 is 28.8 Å². The zero-order valence-electron chi connectivity index (χ0n) is 13.1. The molecule has 1 aromatic carbocycles. The second-order valence-corrected chi connectivity index (χ2v) is 7.29. The fourth-order valence-electron chi connectivity index (χ4n) is 2.92. The molecule has 1 saturated heterocycles. The number of hydrogen-bond donors (Lipinski definition) is 0. The molecule has 122 valence electrons. The van der Waals surface area contributed by atoms with E-state index in [9.17, 15) is 4.79 Å². The number of ether oxygens (including phenoxy) is 1. The number of piperidine rings is 1. The van der Waals surface area contributed by atoms with Crippen molar-refractivity contribution in [2.24, 2.45) is 0 Å². The predicted molar refractivity (Wildman–Crippen MR) is 95.3 cm³/mol. The van der Waals surface area contributed by atoms with E-state index in [0.29, 0.717) is 23.1 Å². The van der Waals surface area contributed by atoms with Crippen molar-refractivity contribution in [3.8, 4) is 10.4 Å². The van der Waals surface area contributed by atoms with Crippen molar-refractivity contribution in [3.05, 3.63) is 46.3 Å². The molecule has 3 rings (SSSR count). The highest BCUT2D eigenvalue weighted by atomic mass is 35.5. The van der Waals surface area contributed by atoms with Gasteiger partial charge >= 0.3 is 0 Å². The van der Waals surface area contributed by atoms with E-state index in [0.717, 1.165) is 29.8 Å². The van der Waals surface area contributed by atoms with Crippen molar-refractivity contribution in [2.45, 2.75) is 25.9 Å². The first-order chi connectivity index (χ1) is 11.2. The third kappa shape index (κ3) is 3.77. The van der Waals surface area contributed by atoms with Crippen LogP contribution in [-0.4, -0.2) is 36.6 Å². The molecule has 1 atom stereocenters. The summed E-state index contributed by atoms with van der Waals surface area (Å²) < 4.78 is 6.24. The van der Waals surface area contributed by atoms with Crippen molar-refractivity contribution in [1.29, 1.82) is 0 Å². The lowest BCUT2D eigenvalue weighted by Gasteiger charge is -2.32. The van der Waals surface area contributed by atoms with Crippen LogP contribution in [0.3, 0.4) is 0 Å². The maximum atomic E-state index is 12.8. The molecule has 0 aliphatic carbocycles. The van der Waals surface area contributed by atoms with E-state index in [4.69, 9.17) is 16.3 Å². The van der Waals surface area contributed by atoms with Crippen molar-refractivity contribution in [3.63, 3.8) is 0 Å². The Morgan fingerprint density at radius 3 is 2.91 bits per heavy atom. The minimum atomic E-state index is 0.0119. The number of thiophene rings is 1. The van der Waals surface area contributed by atoms with Gasteiger partial charge in [-0.3, -0.25) is 4.79 Å².